The first kappa shape index (κ1) is 11.0. The van der Waals surface area contributed by atoms with Crippen molar-refractivity contribution in [3.05, 3.63) is 35.4 Å². The Labute approximate surface area is 91.9 Å². The molecule has 4 heteroatoms. The van der Waals surface area contributed by atoms with Crippen LogP contribution in [0.5, 0.6) is 0 Å². The summed E-state index contributed by atoms with van der Waals surface area (Å²) in [6.07, 6.45) is 2.21. The van der Waals surface area contributed by atoms with Gasteiger partial charge in [-0.2, -0.15) is 0 Å². The Kier molecular flexibility index (Phi) is 2.66. The zero-order valence-electron chi connectivity index (χ0n) is 8.67. The van der Waals surface area contributed by atoms with E-state index in [4.69, 9.17) is 5.11 Å². The molecule has 0 bridgehead atoms. The van der Waals surface area contributed by atoms with Crippen molar-refractivity contribution in [1.29, 1.82) is 0 Å². The van der Waals surface area contributed by atoms with Crippen LogP contribution in [-0.4, -0.2) is 11.1 Å². The van der Waals surface area contributed by atoms with Crippen LogP contribution in [0.2, 0.25) is 0 Å². The van der Waals surface area contributed by atoms with E-state index in [0.29, 0.717) is 18.4 Å². The summed E-state index contributed by atoms with van der Waals surface area (Å²) in [4.78, 5) is 10.8. The zero-order valence-corrected chi connectivity index (χ0v) is 8.67. The van der Waals surface area contributed by atoms with Crippen LogP contribution in [0.25, 0.3) is 0 Å². The predicted molar refractivity (Wildman–Crippen MR) is 54.1 cm³/mol. The predicted octanol–water partition coefficient (Wildman–Crippen LogP) is 2.86. The van der Waals surface area contributed by atoms with Gasteiger partial charge < -0.3 is 5.11 Å². The second kappa shape index (κ2) is 3.85. The minimum Gasteiger partial charge on any atom is -0.481 e. The maximum atomic E-state index is 13.1. The molecule has 1 aromatic carbocycles. The van der Waals surface area contributed by atoms with Crippen LogP contribution < -0.4 is 0 Å². The third-order valence-corrected chi connectivity index (χ3v) is 3.28. The summed E-state index contributed by atoms with van der Waals surface area (Å²) in [7, 11) is 0. The van der Waals surface area contributed by atoms with Crippen LogP contribution >= 0.6 is 0 Å². The molecule has 0 amide bonds. The van der Waals surface area contributed by atoms with Crippen molar-refractivity contribution in [3.63, 3.8) is 0 Å². The van der Waals surface area contributed by atoms with Gasteiger partial charge in [-0.25, -0.2) is 8.78 Å². The Bertz CT molecular complexity index is 405. The molecule has 0 radical (unpaired) electrons. The molecular weight excluding hydrogens is 214 g/mol. The molecule has 1 N–H and O–H groups in total. The Morgan fingerprint density at radius 2 is 1.81 bits per heavy atom. The lowest BCUT2D eigenvalue weighted by atomic mass is 9.62. The number of aliphatic carboxylic acids is 1. The summed E-state index contributed by atoms with van der Waals surface area (Å²) < 4.78 is 26.1. The van der Waals surface area contributed by atoms with Gasteiger partial charge in [0.25, 0.3) is 0 Å². The standard InChI is InChI=1S/C12H12F2O2/c13-9-4-8(5-10(14)6-9)12(2-1-3-12)7-11(15)16/h4-6H,1-3,7H2,(H,15,16). The topological polar surface area (TPSA) is 37.3 Å². The van der Waals surface area contributed by atoms with Crippen molar-refractivity contribution in [2.24, 2.45) is 0 Å². The molecule has 0 unspecified atom stereocenters. The Morgan fingerprint density at radius 1 is 1.25 bits per heavy atom. The maximum Gasteiger partial charge on any atom is 0.304 e. The molecule has 1 aromatic rings. The Balaban J connectivity index is 2.36. The number of carboxylic acid groups (broad SMARTS) is 1. The molecule has 0 heterocycles. The van der Waals surface area contributed by atoms with Crippen molar-refractivity contribution in [1.82, 2.24) is 0 Å². The number of hydrogen-bond acceptors (Lipinski definition) is 1. The maximum absolute atomic E-state index is 13.1. The van der Waals surface area contributed by atoms with Gasteiger partial charge in [0.2, 0.25) is 0 Å². The quantitative estimate of drug-likeness (QED) is 0.860. The minimum atomic E-state index is -0.927. The van der Waals surface area contributed by atoms with Crippen LogP contribution in [0.3, 0.4) is 0 Å². The summed E-state index contributed by atoms with van der Waals surface area (Å²) >= 11 is 0. The third-order valence-electron chi connectivity index (χ3n) is 3.28. The summed E-state index contributed by atoms with van der Waals surface area (Å²) in [5.74, 6) is -2.22. The van der Waals surface area contributed by atoms with Gasteiger partial charge >= 0.3 is 5.97 Å². The van der Waals surface area contributed by atoms with E-state index in [2.05, 4.69) is 0 Å². The Morgan fingerprint density at radius 3 is 2.19 bits per heavy atom. The van der Waals surface area contributed by atoms with Gasteiger partial charge in [0.15, 0.2) is 0 Å². The van der Waals surface area contributed by atoms with Crippen LogP contribution in [0.4, 0.5) is 8.78 Å². The van der Waals surface area contributed by atoms with Crippen LogP contribution in [0, 0.1) is 11.6 Å². The molecule has 1 fully saturated rings. The largest absolute Gasteiger partial charge is 0.481 e. The number of rotatable bonds is 3. The van der Waals surface area contributed by atoms with Crippen molar-refractivity contribution in [2.75, 3.05) is 0 Å². The highest BCUT2D eigenvalue weighted by Gasteiger charge is 2.41. The average Bonchev–Trinajstić information content (AvgIpc) is 2.09. The molecule has 2 rings (SSSR count). The molecule has 0 aromatic heterocycles. The average molecular weight is 226 g/mol. The highest BCUT2D eigenvalue weighted by molar-refractivity contribution is 5.69. The highest BCUT2D eigenvalue weighted by atomic mass is 19.1. The van der Waals surface area contributed by atoms with E-state index >= 15 is 0 Å². The van der Waals surface area contributed by atoms with Crippen molar-refractivity contribution in [3.8, 4) is 0 Å². The second-order valence-corrected chi connectivity index (χ2v) is 4.36. The first-order chi connectivity index (χ1) is 7.52. The normalized spacial score (nSPS) is 17.9. The van der Waals surface area contributed by atoms with Gasteiger partial charge in [-0.15, -0.1) is 0 Å². The van der Waals surface area contributed by atoms with Crippen molar-refractivity contribution < 1.29 is 18.7 Å². The number of halogens is 2. The number of benzene rings is 1. The molecular formula is C12H12F2O2. The fourth-order valence-corrected chi connectivity index (χ4v) is 2.32. The lowest BCUT2D eigenvalue weighted by Crippen LogP contribution is -2.36. The molecule has 16 heavy (non-hydrogen) atoms. The zero-order chi connectivity index (χ0) is 11.8. The van der Waals surface area contributed by atoms with E-state index in [1.54, 1.807) is 0 Å². The van der Waals surface area contributed by atoms with Crippen LogP contribution in [0.1, 0.15) is 31.2 Å². The second-order valence-electron chi connectivity index (χ2n) is 4.36. The Hall–Kier alpha value is -1.45. The van der Waals surface area contributed by atoms with E-state index in [1.165, 1.54) is 12.1 Å². The number of carbonyl (C=O) groups is 1. The molecule has 0 saturated heterocycles. The van der Waals surface area contributed by atoms with E-state index in [9.17, 15) is 13.6 Å². The first-order valence-corrected chi connectivity index (χ1v) is 5.20. The van der Waals surface area contributed by atoms with Crippen molar-refractivity contribution in [2.45, 2.75) is 31.1 Å². The van der Waals surface area contributed by atoms with Gasteiger partial charge in [0.1, 0.15) is 11.6 Å². The van der Waals surface area contributed by atoms with Crippen LogP contribution in [-0.2, 0) is 10.2 Å². The van der Waals surface area contributed by atoms with E-state index in [1.807, 2.05) is 0 Å². The molecule has 1 aliphatic rings. The van der Waals surface area contributed by atoms with Gasteiger partial charge in [-0.1, -0.05) is 6.42 Å². The van der Waals surface area contributed by atoms with Gasteiger partial charge in [0.05, 0.1) is 6.42 Å². The monoisotopic (exact) mass is 226 g/mol. The molecule has 0 spiro atoms. The SMILES string of the molecule is O=C(O)CC1(c2cc(F)cc(F)c2)CCC1. The fourth-order valence-electron chi connectivity index (χ4n) is 2.32. The van der Waals surface area contributed by atoms with E-state index in [0.717, 1.165) is 12.5 Å². The summed E-state index contributed by atoms with van der Waals surface area (Å²) in [6.45, 7) is 0. The molecule has 1 aliphatic carbocycles. The van der Waals surface area contributed by atoms with Crippen molar-refractivity contribution >= 4 is 5.97 Å². The summed E-state index contributed by atoms with van der Waals surface area (Å²) in [5, 5.41) is 8.83. The molecule has 1 saturated carbocycles. The van der Waals surface area contributed by atoms with Crippen LogP contribution in [0.15, 0.2) is 18.2 Å². The first-order valence-electron chi connectivity index (χ1n) is 5.20. The molecule has 0 aliphatic heterocycles. The third kappa shape index (κ3) is 1.92. The molecule has 0 atom stereocenters. The van der Waals surface area contributed by atoms with E-state index in [-0.39, 0.29) is 6.42 Å². The minimum absolute atomic E-state index is 0.0596. The van der Waals surface area contributed by atoms with Gasteiger partial charge in [-0.3, -0.25) is 4.79 Å². The fraction of sp³-hybridized carbons (Fsp3) is 0.417. The number of carboxylic acids is 1. The van der Waals surface area contributed by atoms with Gasteiger partial charge in [-0.05, 0) is 30.5 Å². The summed E-state index contributed by atoms with van der Waals surface area (Å²) in [5.41, 5.74) is -0.0898. The lowest BCUT2D eigenvalue weighted by Gasteiger charge is -2.41. The summed E-state index contributed by atoms with van der Waals surface area (Å²) in [6, 6.07) is 3.28. The highest BCUT2D eigenvalue weighted by Crippen LogP contribution is 2.46. The number of hydrogen-bond donors (Lipinski definition) is 1. The van der Waals surface area contributed by atoms with Gasteiger partial charge in [0, 0.05) is 11.5 Å². The molecule has 2 nitrogen and oxygen atoms in total. The lowest BCUT2D eigenvalue weighted by molar-refractivity contribution is -0.139. The molecule has 86 valence electrons. The van der Waals surface area contributed by atoms with E-state index < -0.39 is 23.0 Å². The smallest absolute Gasteiger partial charge is 0.304 e.